The summed E-state index contributed by atoms with van der Waals surface area (Å²) in [6.07, 6.45) is 1.30. The highest BCUT2D eigenvalue weighted by Crippen LogP contribution is 2.31. The molecule has 8 heteroatoms. The fraction of sp³-hybridized carbons (Fsp3) is 0.176. The van der Waals surface area contributed by atoms with Crippen LogP contribution in [0.25, 0.3) is 0 Å². The smallest absolute Gasteiger partial charge is 0.277 e. The van der Waals surface area contributed by atoms with Crippen molar-refractivity contribution in [2.45, 2.75) is 13.8 Å². The van der Waals surface area contributed by atoms with E-state index in [1.807, 2.05) is 26.0 Å². The van der Waals surface area contributed by atoms with Gasteiger partial charge in [-0.2, -0.15) is 5.10 Å². The van der Waals surface area contributed by atoms with Gasteiger partial charge in [-0.3, -0.25) is 4.79 Å². The average molecular weight is 491 g/mol. The number of phenolic OH excluding ortho intramolecular Hbond substituents is 1. The van der Waals surface area contributed by atoms with Crippen LogP contribution in [-0.4, -0.2) is 23.8 Å². The van der Waals surface area contributed by atoms with Gasteiger partial charge in [-0.25, -0.2) is 5.43 Å². The minimum absolute atomic E-state index is 0.113. The third-order valence-electron chi connectivity index (χ3n) is 3.17. The first-order valence-electron chi connectivity index (χ1n) is 7.17. The molecule has 2 rings (SSSR count). The molecule has 0 unspecified atom stereocenters. The summed E-state index contributed by atoms with van der Waals surface area (Å²) in [5, 5.41) is 13.8. The van der Waals surface area contributed by atoms with E-state index in [9.17, 15) is 9.90 Å². The van der Waals surface area contributed by atoms with Crippen LogP contribution < -0.4 is 10.2 Å². The van der Waals surface area contributed by atoms with E-state index >= 15 is 0 Å². The van der Waals surface area contributed by atoms with Crippen molar-refractivity contribution in [3.63, 3.8) is 0 Å². The van der Waals surface area contributed by atoms with E-state index in [-0.39, 0.29) is 17.4 Å². The monoisotopic (exact) mass is 488 g/mol. The third kappa shape index (κ3) is 5.45. The molecule has 0 bridgehead atoms. The number of ether oxygens (including phenoxy) is 1. The maximum absolute atomic E-state index is 11.9. The van der Waals surface area contributed by atoms with Crippen LogP contribution in [0.3, 0.4) is 0 Å². The lowest BCUT2D eigenvalue weighted by Gasteiger charge is -2.11. The number of phenols is 1. The summed E-state index contributed by atoms with van der Waals surface area (Å²) in [4.78, 5) is 11.9. The van der Waals surface area contributed by atoms with Gasteiger partial charge in [0, 0.05) is 10.0 Å². The summed E-state index contributed by atoms with van der Waals surface area (Å²) in [7, 11) is 0. The van der Waals surface area contributed by atoms with Gasteiger partial charge in [0.15, 0.2) is 6.61 Å². The number of benzene rings is 2. The molecule has 0 spiro atoms. The fourth-order valence-corrected chi connectivity index (χ4v) is 3.74. The van der Waals surface area contributed by atoms with Gasteiger partial charge >= 0.3 is 0 Å². The molecule has 2 aromatic carbocycles. The minimum atomic E-state index is -0.427. The van der Waals surface area contributed by atoms with E-state index in [2.05, 4.69) is 42.4 Å². The Morgan fingerprint density at radius 1 is 1.32 bits per heavy atom. The lowest BCUT2D eigenvalue weighted by molar-refractivity contribution is -0.123. The van der Waals surface area contributed by atoms with Crippen molar-refractivity contribution in [2.75, 3.05) is 6.61 Å². The molecule has 5 nitrogen and oxygen atoms in total. The van der Waals surface area contributed by atoms with Gasteiger partial charge in [0.2, 0.25) is 0 Å². The zero-order valence-electron chi connectivity index (χ0n) is 13.4. The zero-order valence-corrected chi connectivity index (χ0v) is 17.4. The first kappa shape index (κ1) is 19.8. The summed E-state index contributed by atoms with van der Waals surface area (Å²) >= 11 is 12.6. The first-order chi connectivity index (χ1) is 11.8. The van der Waals surface area contributed by atoms with Gasteiger partial charge in [-0.15, -0.1) is 0 Å². The number of hydrogen-bond donors (Lipinski definition) is 2. The molecular formula is C17H15Br2ClN2O3. The number of amides is 1. The summed E-state index contributed by atoms with van der Waals surface area (Å²) in [5.74, 6) is 0.0724. The highest BCUT2D eigenvalue weighted by Gasteiger charge is 2.09. The zero-order chi connectivity index (χ0) is 18.6. The third-order valence-corrected chi connectivity index (χ3v) is 4.51. The second kappa shape index (κ2) is 8.69. The second-order valence-corrected chi connectivity index (χ2v) is 7.48. The maximum Gasteiger partial charge on any atom is 0.277 e. The molecule has 2 aromatic rings. The molecule has 0 heterocycles. The summed E-state index contributed by atoms with van der Waals surface area (Å²) in [6.45, 7) is 3.70. The molecule has 1 amide bonds. The van der Waals surface area contributed by atoms with Crippen molar-refractivity contribution in [2.24, 2.45) is 5.10 Å². The standard InChI is InChI=1S/C17H15Br2ClN2O3/c1-9-3-10(2)17(13(19)4-9)25-8-15(23)22-21-7-11-5-12(18)6-14(20)16(11)24/h3-7,24H,8H2,1-2H3,(H,22,23)/b21-7+. The van der Waals surface area contributed by atoms with Gasteiger partial charge in [0.05, 0.1) is 15.7 Å². The van der Waals surface area contributed by atoms with E-state index in [4.69, 9.17) is 16.3 Å². The summed E-state index contributed by atoms with van der Waals surface area (Å²) < 4.78 is 7.01. The Labute approximate surface area is 167 Å². The van der Waals surface area contributed by atoms with Crippen molar-refractivity contribution < 1.29 is 14.6 Å². The topological polar surface area (TPSA) is 70.9 Å². The molecule has 0 saturated carbocycles. The first-order valence-corrected chi connectivity index (χ1v) is 9.13. The van der Waals surface area contributed by atoms with Crippen LogP contribution in [0.1, 0.15) is 16.7 Å². The number of aryl methyl sites for hydroxylation is 2. The van der Waals surface area contributed by atoms with Gasteiger partial charge < -0.3 is 9.84 Å². The van der Waals surface area contributed by atoms with Gasteiger partial charge in [0.25, 0.3) is 5.91 Å². The van der Waals surface area contributed by atoms with E-state index in [0.29, 0.717) is 15.8 Å². The van der Waals surface area contributed by atoms with Gasteiger partial charge in [-0.1, -0.05) is 33.6 Å². The SMILES string of the molecule is Cc1cc(C)c(OCC(=O)N/N=C/c2cc(Br)cc(Cl)c2O)c(Br)c1. The number of rotatable bonds is 5. The van der Waals surface area contributed by atoms with Crippen LogP contribution in [0.15, 0.2) is 38.3 Å². The average Bonchev–Trinajstić information content (AvgIpc) is 2.50. The van der Waals surface area contributed by atoms with Crippen LogP contribution >= 0.6 is 43.5 Å². The molecule has 132 valence electrons. The lowest BCUT2D eigenvalue weighted by Crippen LogP contribution is -2.24. The van der Waals surface area contributed by atoms with Crippen LogP contribution in [0.5, 0.6) is 11.5 Å². The van der Waals surface area contributed by atoms with Crippen molar-refractivity contribution in [3.05, 3.63) is 54.9 Å². The molecule has 0 fully saturated rings. The number of halogens is 3. The minimum Gasteiger partial charge on any atom is -0.506 e. The maximum atomic E-state index is 11.9. The molecule has 0 radical (unpaired) electrons. The highest BCUT2D eigenvalue weighted by atomic mass is 79.9. The van der Waals surface area contributed by atoms with Gasteiger partial charge in [-0.05, 0) is 59.1 Å². The number of carbonyl (C=O) groups is 1. The predicted octanol–water partition coefficient (Wildman–Crippen LogP) is 4.72. The Balaban J connectivity index is 1.96. The Morgan fingerprint density at radius 3 is 2.72 bits per heavy atom. The van der Waals surface area contributed by atoms with E-state index in [1.54, 1.807) is 12.1 Å². The lowest BCUT2D eigenvalue weighted by atomic mass is 10.1. The van der Waals surface area contributed by atoms with Crippen molar-refractivity contribution in [1.82, 2.24) is 5.43 Å². The van der Waals surface area contributed by atoms with Crippen LogP contribution in [0, 0.1) is 13.8 Å². The van der Waals surface area contributed by atoms with E-state index < -0.39 is 5.91 Å². The van der Waals surface area contributed by atoms with E-state index in [1.165, 1.54) is 6.21 Å². The van der Waals surface area contributed by atoms with Crippen molar-refractivity contribution in [1.29, 1.82) is 0 Å². The molecule has 25 heavy (non-hydrogen) atoms. The molecular weight excluding hydrogens is 475 g/mol. The largest absolute Gasteiger partial charge is 0.506 e. The van der Waals surface area contributed by atoms with Crippen LogP contribution in [-0.2, 0) is 4.79 Å². The van der Waals surface area contributed by atoms with E-state index in [0.717, 1.165) is 15.6 Å². The van der Waals surface area contributed by atoms with Crippen molar-refractivity contribution in [3.8, 4) is 11.5 Å². The molecule has 0 aliphatic heterocycles. The number of aromatic hydroxyl groups is 1. The second-order valence-electron chi connectivity index (χ2n) is 5.30. The molecule has 0 saturated heterocycles. The fourth-order valence-electron chi connectivity index (χ4n) is 2.11. The molecule has 0 atom stereocenters. The van der Waals surface area contributed by atoms with Crippen molar-refractivity contribution >= 4 is 55.6 Å². The highest BCUT2D eigenvalue weighted by molar-refractivity contribution is 9.10. The quantitative estimate of drug-likeness (QED) is 0.471. The number of hydrazone groups is 1. The number of hydrogen-bond acceptors (Lipinski definition) is 4. The summed E-state index contributed by atoms with van der Waals surface area (Å²) in [5.41, 5.74) is 4.73. The Hall–Kier alpha value is -1.57. The number of nitrogens with zero attached hydrogens (tertiary/aromatic N) is 1. The number of nitrogens with one attached hydrogen (secondary N) is 1. The Morgan fingerprint density at radius 2 is 2.04 bits per heavy atom. The van der Waals surface area contributed by atoms with Gasteiger partial charge in [0.1, 0.15) is 11.5 Å². The normalized spacial score (nSPS) is 10.9. The van der Waals surface area contributed by atoms with Crippen LogP contribution in [0.2, 0.25) is 5.02 Å². The van der Waals surface area contributed by atoms with Crippen LogP contribution in [0.4, 0.5) is 0 Å². The molecule has 0 aromatic heterocycles. The Bertz CT molecular complexity index is 818. The molecule has 2 N–H and O–H groups in total. The Kier molecular flexibility index (Phi) is 6.87. The number of carbonyl (C=O) groups excluding carboxylic acids is 1. The molecule has 0 aliphatic rings. The summed E-state index contributed by atoms with van der Waals surface area (Å²) in [6, 6.07) is 7.07. The predicted molar refractivity (Wildman–Crippen MR) is 106 cm³/mol. The molecule has 0 aliphatic carbocycles.